The van der Waals surface area contributed by atoms with Crippen molar-refractivity contribution in [2.24, 2.45) is 5.73 Å². The molecule has 11 nitrogen and oxygen atoms in total. The van der Waals surface area contributed by atoms with E-state index >= 15 is 0 Å². The van der Waals surface area contributed by atoms with Crippen LogP contribution in [0.5, 0.6) is 5.75 Å². The molecular formula is C16H27N3O8S. The lowest BCUT2D eigenvalue weighted by molar-refractivity contribution is -0.161. The molecule has 28 heavy (non-hydrogen) atoms. The number of β-lactam (4-membered cyclic amide) rings is 1. The number of hydrogen-bond acceptors (Lipinski definition) is 7. The van der Waals surface area contributed by atoms with Gasteiger partial charge in [0.15, 0.2) is 0 Å². The van der Waals surface area contributed by atoms with Gasteiger partial charge < -0.3 is 42.4 Å². The number of carboxylic acid groups (broad SMARTS) is 1. The first-order valence-electron chi connectivity index (χ1n) is 7.85. The predicted octanol–water partition coefficient (Wildman–Crippen LogP) is -2.66. The van der Waals surface area contributed by atoms with Crippen molar-refractivity contribution in [3.63, 3.8) is 0 Å². The van der Waals surface area contributed by atoms with Crippen LogP contribution in [0.15, 0.2) is 24.3 Å². The van der Waals surface area contributed by atoms with Crippen molar-refractivity contribution in [2.45, 2.75) is 48.3 Å². The first-order valence-corrected chi connectivity index (χ1v) is 8.73. The van der Waals surface area contributed by atoms with Crippen molar-refractivity contribution in [3.8, 4) is 5.75 Å². The molecule has 2 fully saturated rings. The van der Waals surface area contributed by atoms with Crippen LogP contribution in [0.3, 0.4) is 0 Å². The van der Waals surface area contributed by atoms with Crippen LogP contribution in [0.1, 0.15) is 25.5 Å². The average molecular weight is 421 g/mol. The number of benzene rings is 1. The van der Waals surface area contributed by atoms with Crippen LogP contribution in [0.25, 0.3) is 0 Å². The van der Waals surface area contributed by atoms with Gasteiger partial charge in [0.2, 0.25) is 5.91 Å². The van der Waals surface area contributed by atoms with Gasteiger partial charge >= 0.3 is 5.97 Å². The highest BCUT2D eigenvalue weighted by Crippen LogP contribution is 2.50. The summed E-state index contributed by atoms with van der Waals surface area (Å²) in [5.74, 6) is -1.30. The largest absolute Gasteiger partial charge is 0.508 e. The van der Waals surface area contributed by atoms with Gasteiger partial charge in [0.05, 0.1) is 6.04 Å². The number of carbonyl (C=O) groups is 2. The van der Waals surface area contributed by atoms with Gasteiger partial charge in [-0.25, -0.2) is 4.79 Å². The maximum Gasteiger partial charge on any atom is 0.327 e. The molecule has 2 aliphatic heterocycles. The van der Waals surface area contributed by atoms with Crippen LogP contribution in [-0.2, 0) is 9.59 Å². The molecule has 2 heterocycles. The quantitative estimate of drug-likeness (QED) is 0.248. The zero-order chi connectivity index (χ0) is 18.5. The summed E-state index contributed by atoms with van der Waals surface area (Å²) >= 11 is 1.39. The first-order chi connectivity index (χ1) is 11.6. The van der Waals surface area contributed by atoms with Crippen molar-refractivity contribution in [1.29, 1.82) is 0 Å². The van der Waals surface area contributed by atoms with Crippen molar-refractivity contribution < 1.29 is 41.3 Å². The van der Waals surface area contributed by atoms with Crippen molar-refractivity contribution >= 4 is 23.6 Å². The number of aliphatic hydroxyl groups excluding tert-OH is 1. The number of aliphatic hydroxyl groups is 1. The molecule has 5 atom stereocenters. The van der Waals surface area contributed by atoms with Gasteiger partial charge in [-0.05, 0) is 31.5 Å². The average Bonchev–Trinajstić information content (AvgIpc) is 2.80. The fraction of sp³-hybridized carbons (Fsp3) is 0.500. The Morgan fingerprint density at radius 3 is 2.29 bits per heavy atom. The molecule has 0 spiro atoms. The van der Waals surface area contributed by atoms with E-state index in [1.807, 2.05) is 0 Å². The lowest BCUT2D eigenvalue weighted by Gasteiger charge is -2.45. The van der Waals surface area contributed by atoms with Crippen LogP contribution < -0.4 is 11.1 Å². The molecule has 160 valence electrons. The number of aromatic hydroxyl groups is 1. The number of nitrogens with one attached hydrogen (secondary N) is 1. The number of fused-ring (bicyclic) bond motifs is 1. The second-order valence-electron chi connectivity index (χ2n) is 6.80. The van der Waals surface area contributed by atoms with Gasteiger partial charge in [0.1, 0.15) is 29.4 Å². The molecule has 3 rings (SSSR count). The molecule has 2 unspecified atom stereocenters. The lowest BCUT2D eigenvalue weighted by Crippen LogP contribution is -2.71. The molecule has 0 radical (unpaired) electrons. The van der Waals surface area contributed by atoms with E-state index in [2.05, 4.69) is 5.32 Å². The smallest absolute Gasteiger partial charge is 0.327 e. The normalized spacial score (nSPS) is 26.5. The Bertz CT molecular complexity index is 702. The molecule has 1 aromatic rings. The number of thioether (sulfide) groups is 1. The number of amides is 1. The number of nitrogens with two attached hydrogens (primary N) is 1. The van der Waals surface area contributed by atoms with Crippen molar-refractivity contribution in [2.75, 3.05) is 0 Å². The second kappa shape index (κ2) is 9.05. The summed E-state index contributed by atoms with van der Waals surface area (Å²) in [6, 6.07) is 3.73. The molecule has 0 bridgehead atoms. The third-order valence-corrected chi connectivity index (χ3v) is 6.21. The highest BCUT2D eigenvalue weighted by Gasteiger charge is 2.64. The van der Waals surface area contributed by atoms with Gasteiger partial charge in [-0.2, -0.15) is 0 Å². The summed E-state index contributed by atoms with van der Waals surface area (Å²) in [5, 5.41) is 31.5. The number of aliphatic carboxylic acids is 1. The predicted molar refractivity (Wildman–Crippen MR) is 103 cm³/mol. The van der Waals surface area contributed by atoms with E-state index in [-0.39, 0.29) is 33.5 Å². The monoisotopic (exact) mass is 421 g/mol. The van der Waals surface area contributed by atoms with E-state index in [9.17, 15) is 24.9 Å². The molecule has 0 aliphatic carbocycles. The van der Waals surface area contributed by atoms with E-state index in [1.54, 1.807) is 26.0 Å². The fourth-order valence-electron chi connectivity index (χ4n) is 3.33. The number of nitrogens with zero attached hydrogens (tertiary/aromatic N) is 1. The van der Waals surface area contributed by atoms with Gasteiger partial charge in [-0.3, -0.25) is 10.1 Å². The summed E-state index contributed by atoms with van der Waals surface area (Å²) in [7, 11) is 0. The molecule has 1 amide bonds. The fourth-order valence-corrected chi connectivity index (χ4v) is 4.97. The molecular weight excluding hydrogens is 394 g/mol. The summed E-state index contributed by atoms with van der Waals surface area (Å²) < 4.78 is -0.618. The van der Waals surface area contributed by atoms with Crippen LogP contribution in [-0.4, -0.2) is 77.0 Å². The van der Waals surface area contributed by atoms with Crippen molar-refractivity contribution in [1.82, 2.24) is 10.2 Å². The van der Waals surface area contributed by atoms with Crippen molar-refractivity contribution in [3.05, 3.63) is 29.8 Å². The Kier molecular flexibility index (Phi) is 8.42. The number of carbonyl (C=O) groups excluding carboxylic acids is 1. The zero-order valence-electron chi connectivity index (χ0n) is 15.3. The maximum absolute atomic E-state index is 12.4. The summed E-state index contributed by atoms with van der Waals surface area (Å²) in [5.41, 5.74) is 6.61. The number of phenols is 1. The SMILES string of the molecule is CC1(C)SC2[C@@H](NC(O)[C@@H](N)c3ccc(O)cc3)C(=O)N2[C@@H]1C(=O)O.O.O.O. The standard InChI is InChI=1S/C16H21N3O5S.3H2O/c1-16(2)11(15(23)24)19-13(22)10(14(19)25-16)18-12(21)9(17)7-3-5-8(20)6-4-7;;;/h3-6,9-12,14,18,20-21H,17H2,1-2H3,(H,23,24);3*1H2/t9-,10-,11+,12?,14?;;;/m0.../s1. The third-order valence-electron chi connectivity index (χ3n) is 4.64. The Labute approximate surface area is 165 Å². The number of carboxylic acids is 1. The van der Waals surface area contributed by atoms with Gasteiger partial charge in [-0.15, -0.1) is 11.8 Å². The van der Waals surface area contributed by atoms with Gasteiger partial charge in [0.25, 0.3) is 0 Å². The molecule has 12 N–H and O–H groups in total. The Morgan fingerprint density at radius 2 is 1.79 bits per heavy atom. The number of hydrogen-bond donors (Lipinski definition) is 5. The summed E-state index contributed by atoms with van der Waals surface area (Å²) in [6.07, 6.45) is -1.19. The first kappa shape index (κ1) is 26.1. The molecule has 12 heteroatoms. The van der Waals surface area contributed by atoms with Crippen LogP contribution >= 0.6 is 11.8 Å². The Hall–Kier alpha value is -1.93. The molecule has 2 saturated heterocycles. The Balaban J connectivity index is 0.00000243. The minimum absolute atomic E-state index is 0. The van der Waals surface area contributed by atoms with E-state index < -0.39 is 35.1 Å². The number of phenolic OH excluding ortho intramolecular Hbond substituents is 1. The highest BCUT2D eigenvalue weighted by atomic mass is 32.2. The summed E-state index contributed by atoms with van der Waals surface area (Å²) in [6.45, 7) is 3.58. The maximum atomic E-state index is 12.4. The minimum atomic E-state index is -1.19. The summed E-state index contributed by atoms with van der Waals surface area (Å²) in [4.78, 5) is 25.2. The second-order valence-corrected chi connectivity index (χ2v) is 8.58. The Morgan fingerprint density at radius 1 is 1.25 bits per heavy atom. The molecule has 1 aromatic carbocycles. The highest BCUT2D eigenvalue weighted by molar-refractivity contribution is 8.01. The van der Waals surface area contributed by atoms with Gasteiger partial charge in [0, 0.05) is 4.75 Å². The lowest BCUT2D eigenvalue weighted by atomic mass is 9.95. The minimum Gasteiger partial charge on any atom is -0.508 e. The van der Waals surface area contributed by atoms with Gasteiger partial charge in [-0.1, -0.05) is 12.1 Å². The third kappa shape index (κ3) is 4.22. The molecule has 0 aromatic heterocycles. The number of rotatable bonds is 5. The van der Waals surface area contributed by atoms with E-state index in [0.717, 1.165) is 0 Å². The van der Waals surface area contributed by atoms with E-state index in [1.165, 1.54) is 28.8 Å². The topological polar surface area (TPSA) is 231 Å². The zero-order valence-corrected chi connectivity index (χ0v) is 16.1. The molecule has 2 aliphatic rings. The van der Waals surface area contributed by atoms with Crippen LogP contribution in [0.2, 0.25) is 0 Å². The van der Waals surface area contributed by atoms with Crippen LogP contribution in [0, 0.1) is 0 Å². The van der Waals surface area contributed by atoms with E-state index in [0.29, 0.717) is 5.56 Å². The van der Waals surface area contributed by atoms with E-state index in [4.69, 9.17) is 5.73 Å². The molecule has 0 saturated carbocycles. The van der Waals surface area contributed by atoms with Crippen LogP contribution in [0.4, 0.5) is 0 Å².